The van der Waals surface area contributed by atoms with Crippen LogP contribution in [0.4, 0.5) is 0 Å². The summed E-state index contributed by atoms with van der Waals surface area (Å²) in [6.07, 6.45) is 4.05. The van der Waals surface area contributed by atoms with Crippen LogP contribution < -0.4 is 0 Å². The van der Waals surface area contributed by atoms with E-state index in [0.29, 0.717) is 24.5 Å². The second-order valence-electron chi connectivity index (χ2n) is 3.98. The predicted octanol–water partition coefficient (Wildman–Crippen LogP) is 2.31. The van der Waals surface area contributed by atoms with Gasteiger partial charge in [0, 0.05) is 37.1 Å². The number of hydrogen-bond donors (Lipinski definition) is 0. The SMILES string of the molecule is COCCCn1nccc1C(=O)c1ccc(Br)cn1. The topological polar surface area (TPSA) is 57.0 Å². The van der Waals surface area contributed by atoms with Gasteiger partial charge in [0.1, 0.15) is 11.4 Å². The Morgan fingerprint density at radius 3 is 2.95 bits per heavy atom. The van der Waals surface area contributed by atoms with Gasteiger partial charge in [0.15, 0.2) is 0 Å². The second kappa shape index (κ2) is 6.58. The molecule has 2 aromatic rings. The van der Waals surface area contributed by atoms with Gasteiger partial charge in [-0.3, -0.25) is 14.5 Å². The molecule has 0 aromatic carbocycles. The normalized spacial score (nSPS) is 10.6. The van der Waals surface area contributed by atoms with Crippen LogP contribution in [0.3, 0.4) is 0 Å². The Hall–Kier alpha value is -1.53. The lowest BCUT2D eigenvalue weighted by Crippen LogP contribution is -2.13. The van der Waals surface area contributed by atoms with E-state index in [1.165, 1.54) is 0 Å². The van der Waals surface area contributed by atoms with Crippen LogP contribution in [0.15, 0.2) is 35.1 Å². The highest BCUT2D eigenvalue weighted by atomic mass is 79.9. The van der Waals surface area contributed by atoms with Crippen LogP contribution in [0.2, 0.25) is 0 Å². The summed E-state index contributed by atoms with van der Waals surface area (Å²) in [5.74, 6) is -0.123. The largest absolute Gasteiger partial charge is 0.385 e. The molecule has 100 valence electrons. The molecule has 19 heavy (non-hydrogen) atoms. The Labute approximate surface area is 119 Å². The van der Waals surface area contributed by atoms with Gasteiger partial charge < -0.3 is 4.74 Å². The number of rotatable bonds is 6. The molecule has 2 rings (SSSR count). The first kappa shape index (κ1) is 13.9. The molecular weight excluding hydrogens is 310 g/mol. The summed E-state index contributed by atoms with van der Waals surface area (Å²) in [6, 6.07) is 5.20. The van der Waals surface area contributed by atoms with Crippen molar-refractivity contribution in [2.24, 2.45) is 0 Å². The van der Waals surface area contributed by atoms with Crippen molar-refractivity contribution in [3.8, 4) is 0 Å². The molecule has 0 saturated carbocycles. The first-order valence-electron chi connectivity index (χ1n) is 5.89. The van der Waals surface area contributed by atoms with Crippen molar-refractivity contribution >= 4 is 21.7 Å². The van der Waals surface area contributed by atoms with Crippen molar-refractivity contribution < 1.29 is 9.53 Å². The lowest BCUT2D eigenvalue weighted by molar-refractivity contribution is 0.102. The minimum Gasteiger partial charge on any atom is -0.385 e. The number of pyridine rings is 1. The Morgan fingerprint density at radius 2 is 2.26 bits per heavy atom. The number of aromatic nitrogens is 3. The maximum atomic E-state index is 12.3. The predicted molar refractivity (Wildman–Crippen MR) is 74.1 cm³/mol. The van der Waals surface area contributed by atoms with Gasteiger partial charge in [0.25, 0.3) is 0 Å². The molecular formula is C13H14BrN3O2. The Balaban J connectivity index is 2.15. The molecule has 0 atom stereocenters. The standard InChI is InChI=1S/C13H14BrN3O2/c1-19-8-2-7-17-12(5-6-16-17)13(18)11-4-3-10(14)9-15-11/h3-6,9H,2,7-8H2,1H3. The average molecular weight is 324 g/mol. The number of methoxy groups -OCH3 is 1. The van der Waals surface area contributed by atoms with E-state index >= 15 is 0 Å². The van der Waals surface area contributed by atoms with Crippen LogP contribution in [0.1, 0.15) is 22.6 Å². The van der Waals surface area contributed by atoms with Gasteiger partial charge in [-0.05, 0) is 40.5 Å². The van der Waals surface area contributed by atoms with Crippen molar-refractivity contribution in [3.63, 3.8) is 0 Å². The van der Waals surface area contributed by atoms with E-state index in [9.17, 15) is 4.79 Å². The first-order chi connectivity index (χ1) is 9.22. The van der Waals surface area contributed by atoms with Crippen LogP contribution in [-0.2, 0) is 11.3 Å². The van der Waals surface area contributed by atoms with Gasteiger partial charge in [-0.15, -0.1) is 0 Å². The van der Waals surface area contributed by atoms with E-state index in [1.54, 1.807) is 42.4 Å². The van der Waals surface area contributed by atoms with Crippen LogP contribution in [0.25, 0.3) is 0 Å². The molecule has 0 aliphatic rings. The summed E-state index contributed by atoms with van der Waals surface area (Å²) in [5, 5.41) is 4.16. The zero-order valence-corrected chi connectivity index (χ0v) is 12.1. The van der Waals surface area contributed by atoms with Crippen LogP contribution in [0, 0.1) is 0 Å². The molecule has 0 N–H and O–H groups in total. The lowest BCUT2D eigenvalue weighted by Gasteiger charge is -2.06. The summed E-state index contributed by atoms with van der Waals surface area (Å²) in [6.45, 7) is 1.29. The fourth-order valence-electron chi connectivity index (χ4n) is 1.70. The zero-order valence-electron chi connectivity index (χ0n) is 10.5. The fourth-order valence-corrected chi connectivity index (χ4v) is 1.94. The Bertz CT molecular complexity index is 551. The number of carbonyl (C=O) groups excluding carboxylic acids is 1. The molecule has 0 bridgehead atoms. The Morgan fingerprint density at radius 1 is 1.42 bits per heavy atom. The molecule has 0 aliphatic carbocycles. The number of aryl methyl sites for hydroxylation is 1. The van der Waals surface area contributed by atoms with Crippen LogP contribution in [-0.4, -0.2) is 34.3 Å². The molecule has 0 radical (unpaired) electrons. The van der Waals surface area contributed by atoms with Crippen molar-refractivity contribution in [1.29, 1.82) is 0 Å². The Kier molecular flexibility index (Phi) is 4.81. The van der Waals surface area contributed by atoms with Gasteiger partial charge >= 0.3 is 0 Å². The van der Waals surface area contributed by atoms with Crippen molar-refractivity contribution in [1.82, 2.24) is 14.8 Å². The molecule has 0 spiro atoms. The quantitative estimate of drug-likeness (QED) is 0.604. The molecule has 0 fully saturated rings. The molecule has 2 aromatic heterocycles. The van der Waals surface area contributed by atoms with E-state index in [4.69, 9.17) is 4.74 Å². The molecule has 6 heteroatoms. The summed E-state index contributed by atoms with van der Waals surface area (Å²) in [7, 11) is 1.65. The van der Waals surface area contributed by atoms with E-state index in [2.05, 4.69) is 26.0 Å². The van der Waals surface area contributed by atoms with Gasteiger partial charge in [-0.25, -0.2) is 0 Å². The van der Waals surface area contributed by atoms with E-state index in [1.807, 2.05) is 0 Å². The third-order valence-corrected chi connectivity index (χ3v) is 3.10. The zero-order chi connectivity index (χ0) is 13.7. The van der Waals surface area contributed by atoms with Crippen LogP contribution in [0.5, 0.6) is 0 Å². The maximum Gasteiger partial charge on any atom is 0.229 e. The maximum absolute atomic E-state index is 12.3. The van der Waals surface area contributed by atoms with Gasteiger partial charge in [0.2, 0.25) is 5.78 Å². The minimum absolute atomic E-state index is 0.123. The fraction of sp³-hybridized carbons (Fsp3) is 0.308. The van der Waals surface area contributed by atoms with E-state index < -0.39 is 0 Å². The number of halogens is 1. The summed E-state index contributed by atoms with van der Waals surface area (Å²) in [5.41, 5.74) is 0.961. The first-order valence-corrected chi connectivity index (χ1v) is 6.68. The van der Waals surface area contributed by atoms with Crippen molar-refractivity contribution in [2.75, 3.05) is 13.7 Å². The minimum atomic E-state index is -0.123. The highest BCUT2D eigenvalue weighted by molar-refractivity contribution is 9.10. The van der Waals surface area contributed by atoms with Crippen molar-refractivity contribution in [3.05, 3.63) is 46.5 Å². The molecule has 2 heterocycles. The summed E-state index contributed by atoms with van der Waals surface area (Å²) in [4.78, 5) is 16.4. The lowest BCUT2D eigenvalue weighted by atomic mass is 10.2. The van der Waals surface area contributed by atoms with Crippen molar-refractivity contribution in [2.45, 2.75) is 13.0 Å². The molecule has 0 saturated heterocycles. The van der Waals surface area contributed by atoms with Crippen LogP contribution >= 0.6 is 15.9 Å². The number of ether oxygens (including phenoxy) is 1. The number of ketones is 1. The summed E-state index contributed by atoms with van der Waals surface area (Å²) < 4.78 is 7.53. The van der Waals surface area contributed by atoms with Gasteiger partial charge in [-0.1, -0.05) is 0 Å². The molecule has 0 aliphatic heterocycles. The third kappa shape index (κ3) is 3.48. The molecule has 0 amide bonds. The highest BCUT2D eigenvalue weighted by Crippen LogP contribution is 2.11. The summed E-state index contributed by atoms with van der Waals surface area (Å²) >= 11 is 3.29. The van der Waals surface area contributed by atoms with Gasteiger partial charge in [0.05, 0.1) is 0 Å². The number of carbonyl (C=O) groups is 1. The third-order valence-electron chi connectivity index (χ3n) is 2.63. The molecule has 0 unspecified atom stereocenters. The second-order valence-corrected chi connectivity index (χ2v) is 4.89. The number of hydrogen-bond acceptors (Lipinski definition) is 4. The average Bonchev–Trinajstić information content (AvgIpc) is 2.87. The number of nitrogens with zero attached hydrogens (tertiary/aromatic N) is 3. The monoisotopic (exact) mass is 323 g/mol. The van der Waals surface area contributed by atoms with E-state index in [-0.39, 0.29) is 5.78 Å². The van der Waals surface area contributed by atoms with Gasteiger partial charge in [-0.2, -0.15) is 5.10 Å². The van der Waals surface area contributed by atoms with E-state index in [0.717, 1.165) is 10.9 Å². The smallest absolute Gasteiger partial charge is 0.229 e. The highest BCUT2D eigenvalue weighted by Gasteiger charge is 2.15. The molecule has 5 nitrogen and oxygen atoms in total.